The maximum atomic E-state index is 6.14. The van der Waals surface area contributed by atoms with Gasteiger partial charge in [-0.15, -0.1) is 0 Å². The molecule has 0 atom stereocenters. The van der Waals surface area contributed by atoms with Gasteiger partial charge in [-0.05, 0) is 12.0 Å². The Kier molecular flexibility index (Phi) is 2.73. The van der Waals surface area contributed by atoms with E-state index in [0.717, 1.165) is 24.4 Å². The first-order chi connectivity index (χ1) is 9.08. The Balaban J connectivity index is 2.24. The molecule has 0 saturated heterocycles. The number of nitrogen functional groups attached to an aromatic ring is 1. The largest absolute Gasteiger partial charge is 0.382 e. The fourth-order valence-corrected chi connectivity index (χ4v) is 2.89. The highest BCUT2D eigenvalue weighted by molar-refractivity contribution is 6.04. The Morgan fingerprint density at radius 2 is 2.00 bits per heavy atom. The lowest BCUT2D eigenvalue weighted by molar-refractivity contribution is 0.620. The molecule has 0 radical (unpaired) electrons. The van der Waals surface area contributed by atoms with Crippen LogP contribution in [0.2, 0.25) is 0 Å². The number of para-hydroxylation sites is 1. The SMILES string of the molecule is CC(C)CN1CN(C)c2c(N)nc3ccccc3c21. The van der Waals surface area contributed by atoms with E-state index in [-0.39, 0.29) is 0 Å². The topological polar surface area (TPSA) is 45.4 Å². The van der Waals surface area contributed by atoms with Gasteiger partial charge < -0.3 is 15.5 Å². The van der Waals surface area contributed by atoms with Crippen molar-refractivity contribution < 1.29 is 0 Å². The van der Waals surface area contributed by atoms with Crippen molar-refractivity contribution >= 4 is 28.1 Å². The number of rotatable bonds is 2. The number of benzene rings is 1. The third-order valence-electron chi connectivity index (χ3n) is 3.53. The molecule has 100 valence electrons. The molecule has 0 saturated carbocycles. The lowest BCUT2D eigenvalue weighted by Gasteiger charge is -2.22. The molecule has 2 heterocycles. The van der Waals surface area contributed by atoms with Crippen LogP contribution in [0.5, 0.6) is 0 Å². The lowest BCUT2D eigenvalue weighted by atomic mass is 10.1. The highest BCUT2D eigenvalue weighted by Crippen LogP contribution is 2.43. The van der Waals surface area contributed by atoms with Gasteiger partial charge in [0.05, 0.1) is 17.9 Å². The summed E-state index contributed by atoms with van der Waals surface area (Å²) in [7, 11) is 2.08. The first-order valence-electron chi connectivity index (χ1n) is 6.72. The second-order valence-corrected chi connectivity index (χ2v) is 5.67. The summed E-state index contributed by atoms with van der Waals surface area (Å²) in [4.78, 5) is 9.11. The van der Waals surface area contributed by atoms with Crippen LogP contribution in [0.3, 0.4) is 0 Å². The fraction of sp³-hybridized carbons (Fsp3) is 0.400. The van der Waals surface area contributed by atoms with Crippen molar-refractivity contribution in [3.8, 4) is 0 Å². The zero-order chi connectivity index (χ0) is 13.6. The number of anilines is 3. The quantitative estimate of drug-likeness (QED) is 0.897. The van der Waals surface area contributed by atoms with E-state index in [0.29, 0.717) is 11.7 Å². The van der Waals surface area contributed by atoms with Gasteiger partial charge in [0.2, 0.25) is 0 Å². The molecular formula is C15H20N4. The van der Waals surface area contributed by atoms with Gasteiger partial charge >= 0.3 is 0 Å². The van der Waals surface area contributed by atoms with E-state index in [1.807, 2.05) is 12.1 Å². The van der Waals surface area contributed by atoms with Crippen LogP contribution in [0.15, 0.2) is 24.3 Å². The van der Waals surface area contributed by atoms with E-state index in [1.165, 1.54) is 11.1 Å². The van der Waals surface area contributed by atoms with Gasteiger partial charge in [0, 0.05) is 19.0 Å². The molecule has 1 aliphatic heterocycles. The smallest absolute Gasteiger partial charge is 0.149 e. The standard InChI is InChI=1S/C15H20N4/c1-10(2)8-19-9-18(3)14-13(19)11-6-4-5-7-12(11)17-15(14)16/h4-7,10H,8-9H2,1-3H3,(H2,16,17). The van der Waals surface area contributed by atoms with Crippen LogP contribution in [0.25, 0.3) is 10.9 Å². The van der Waals surface area contributed by atoms with Crippen molar-refractivity contribution in [2.75, 3.05) is 35.8 Å². The van der Waals surface area contributed by atoms with Crippen molar-refractivity contribution in [3.63, 3.8) is 0 Å². The van der Waals surface area contributed by atoms with Crippen molar-refractivity contribution in [1.82, 2.24) is 4.98 Å². The average molecular weight is 256 g/mol. The number of fused-ring (bicyclic) bond motifs is 3. The number of hydrogen-bond acceptors (Lipinski definition) is 4. The highest BCUT2D eigenvalue weighted by Gasteiger charge is 2.28. The lowest BCUT2D eigenvalue weighted by Crippen LogP contribution is -2.31. The summed E-state index contributed by atoms with van der Waals surface area (Å²) in [5, 5.41) is 1.19. The Morgan fingerprint density at radius 1 is 1.26 bits per heavy atom. The van der Waals surface area contributed by atoms with Crippen molar-refractivity contribution in [2.24, 2.45) is 5.92 Å². The average Bonchev–Trinajstić information content (AvgIpc) is 2.66. The fourth-order valence-electron chi connectivity index (χ4n) is 2.89. The first-order valence-corrected chi connectivity index (χ1v) is 6.72. The number of nitrogens with zero attached hydrogens (tertiary/aromatic N) is 3. The van der Waals surface area contributed by atoms with Gasteiger partial charge in [0.25, 0.3) is 0 Å². The summed E-state index contributed by atoms with van der Waals surface area (Å²) in [6, 6.07) is 8.23. The second kappa shape index (κ2) is 4.30. The van der Waals surface area contributed by atoms with Crippen LogP contribution in [0, 0.1) is 5.92 Å². The van der Waals surface area contributed by atoms with Crippen LogP contribution in [0.4, 0.5) is 17.2 Å². The van der Waals surface area contributed by atoms with E-state index >= 15 is 0 Å². The minimum atomic E-state index is 0.618. The number of pyridine rings is 1. The highest BCUT2D eigenvalue weighted by atomic mass is 15.4. The summed E-state index contributed by atoms with van der Waals surface area (Å²) < 4.78 is 0. The van der Waals surface area contributed by atoms with E-state index in [2.05, 4.69) is 47.8 Å². The van der Waals surface area contributed by atoms with Crippen LogP contribution in [0.1, 0.15) is 13.8 Å². The predicted molar refractivity (Wildman–Crippen MR) is 81.6 cm³/mol. The van der Waals surface area contributed by atoms with Gasteiger partial charge in [-0.1, -0.05) is 32.0 Å². The molecule has 4 heteroatoms. The summed E-state index contributed by atoms with van der Waals surface area (Å²) >= 11 is 0. The van der Waals surface area contributed by atoms with Gasteiger partial charge in [-0.3, -0.25) is 0 Å². The van der Waals surface area contributed by atoms with Crippen molar-refractivity contribution in [1.29, 1.82) is 0 Å². The van der Waals surface area contributed by atoms with Gasteiger partial charge in [0.1, 0.15) is 11.5 Å². The Labute approximate surface area is 113 Å². The van der Waals surface area contributed by atoms with Gasteiger partial charge in [-0.25, -0.2) is 4.98 Å². The molecule has 2 aromatic rings. The summed E-state index contributed by atoms with van der Waals surface area (Å²) in [6.07, 6.45) is 0. The second-order valence-electron chi connectivity index (χ2n) is 5.67. The molecule has 0 aliphatic carbocycles. The number of hydrogen-bond donors (Lipinski definition) is 1. The minimum Gasteiger partial charge on any atom is -0.382 e. The zero-order valence-electron chi connectivity index (χ0n) is 11.7. The molecule has 0 amide bonds. The maximum absolute atomic E-state index is 6.14. The van der Waals surface area contributed by atoms with E-state index in [4.69, 9.17) is 5.73 Å². The Morgan fingerprint density at radius 3 is 2.74 bits per heavy atom. The van der Waals surface area contributed by atoms with E-state index in [9.17, 15) is 0 Å². The molecule has 1 aliphatic rings. The molecule has 0 fully saturated rings. The zero-order valence-corrected chi connectivity index (χ0v) is 11.7. The Bertz CT molecular complexity index is 621. The molecule has 0 spiro atoms. The van der Waals surface area contributed by atoms with Crippen molar-refractivity contribution in [3.05, 3.63) is 24.3 Å². The summed E-state index contributed by atoms with van der Waals surface area (Å²) in [6.45, 7) is 6.40. The molecule has 0 bridgehead atoms. The van der Waals surface area contributed by atoms with Gasteiger partial charge in [-0.2, -0.15) is 0 Å². The van der Waals surface area contributed by atoms with E-state index in [1.54, 1.807) is 0 Å². The third kappa shape index (κ3) is 1.87. The van der Waals surface area contributed by atoms with Crippen LogP contribution < -0.4 is 15.5 Å². The van der Waals surface area contributed by atoms with Crippen LogP contribution >= 0.6 is 0 Å². The van der Waals surface area contributed by atoms with E-state index < -0.39 is 0 Å². The number of nitrogens with two attached hydrogens (primary N) is 1. The molecule has 3 rings (SSSR count). The monoisotopic (exact) mass is 256 g/mol. The van der Waals surface area contributed by atoms with Crippen LogP contribution in [-0.2, 0) is 0 Å². The third-order valence-corrected chi connectivity index (χ3v) is 3.53. The summed E-state index contributed by atoms with van der Waals surface area (Å²) in [5.41, 5.74) is 9.42. The predicted octanol–water partition coefficient (Wildman–Crippen LogP) is 2.69. The molecule has 4 nitrogen and oxygen atoms in total. The maximum Gasteiger partial charge on any atom is 0.149 e. The molecule has 19 heavy (non-hydrogen) atoms. The summed E-state index contributed by atoms with van der Waals surface area (Å²) in [5.74, 6) is 1.25. The van der Waals surface area contributed by atoms with Crippen LogP contribution in [-0.4, -0.2) is 25.2 Å². The first kappa shape index (κ1) is 12.1. The van der Waals surface area contributed by atoms with Gasteiger partial charge in [0.15, 0.2) is 0 Å². The molecule has 0 unspecified atom stereocenters. The van der Waals surface area contributed by atoms with Crippen molar-refractivity contribution in [2.45, 2.75) is 13.8 Å². The number of aromatic nitrogens is 1. The molecule has 1 aromatic carbocycles. The molecule has 1 aromatic heterocycles. The minimum absolute atomic E-state index is 0.618. The Hall–Kier alpha value is -1.97. The normalized spacial score (nSPS) is 14.5. The molecular weight excluding hydrogens is 236 g/mol. The molecule has 2 N–H and O–H groups in total.